The molecule has 4 atom stereocenters. The van der Waals surface area contributed by atoms with Gasteiger partial charge < -0.3 is 15.2 Å². The number of aromatic nitrogens is 3. The molecule has 38 heavy (non-hydrogen) atoms. The summed E-state index contributed by atoms with van der Waals surface area (Å²) >= 11 is 13.8. The SMILES string of the molecule is O=C(c1cc([C@H]2OCCc3cnc(Cl)cc32)c(Cl)s1)c1cncnc1N[C@@H]1C[C@H](CNS(=O)(=O)O)[C@@H](O)C1. The molecule has 3 aromatic heterocycles. The van der Waals surface area contributed by atoms with E-state index in [1.807, 2.05) is 4.72 Å². The minimum atomic E-state index is -4.36. The second kappa shape index (κ2) is 11.1. The Labute approximate surface area is 232 Å². The summed E-state index contributed by atoms with van der Waals surface area (Å²) < 4.78 is 39.3. The van der Waals surface area contributed by atoms with Crippen LogP contribution in [0.2, 0.25) is 9.49 Å². The first kappa shape index (κ1) is 27.3. The lowest BCUT2D eigenvalue weighted by Crippen LogP contribution is -2.32. The lowest BCUT2D eigenvalue weighted by atomic mass is 9.96. The van der Waals surface area contributed by atoms with Crippen LogP contribution >= 0.6 is 34.5 Å². The molecule has 0 spiro atoms. The smallest absolute Gasteiger partial charge is 0.333 e. The number of thiophene rings is 1. The van der Waals surface area contributed by atoms with Gasteiger partial charge in [-0.1, -0.05) is 23.2 Å². The molecule has 3 aromatic rings. The number of halogens is 2. The van der Waals surface area contributed by atoms with Crippen LogP contribution < -0.4 is 10.0 Å². The highest BCUT2D eigenvalue weighted by Crippen LogP contribution is 2.41. The number of hydrogen-bond donors (Lipinski definition) is 4. The number of carbonyl (C=O) groups excluding carboxylic acids is 1. The van der Waals surface area contributed by atoms with Crippen molar-refractivity contribution >= 4 is 56.4 Å². The zero-order valence-electron chi connectivity index (χ0n) is 19.7. The summed E-state index contributed by atoms with van der Waals surface area (Å²) in [4.78, 5) is 26.3. The molecule has 0 amide bonds. The van der Waals surface area contributed by atoms with E-state index in [1.54, 1.807) is 18.3 Å². The number of carbonyl (C=O) groups is 1. The molecule has 2 aliphatic rings. The fourth-order valence-electron chi connectivity index (χ4n) is 4.82. The van der Waals surface area contributed by atoms with E-state index in [9.17, 15) is 18.3 Å². The summed E-state index contributed by atoms with van der Waals surface area (Å²) in [5.74, 6) is -0.469. The molecule has 0 unspecified atom stereocenters. The number of hydrogen-bond acceptors (Lipinski definition) is 10. The van der Waals surface area contributed by atoms with Gasteiger partial charge in [0.05, 0.1) is 27.5 Å². The summed E-state index contributed by atoms with van der Waals surface area (Å²) in [5, 5.41) is 13.9. The van der Waals surface area contributed by atoms with Crippen molar-refractivity contribution in [2.24, 2.45) is 5.92 Å². The first-order valence-corrected chi connectivity index (χ1v) is 14.7. The predicted octanol–water partition coefficient (Wildman–Crippen LogP) is 3.08. The minimum absolute atomic E-state index is 0.113. The van der Waals surface area contributed by atoms with Crippen molar-refractivity contribution in [1.29, 1.82) is 0 Å². The Balaban J connectivity index is 1.35. The number of nitrogens with zero attached hydrogens (tertiary/aromatic N) is 3. The van der Waals surface area contributed by atoms with Crippen molar-refractivity contribution in [1.82, 2.24) is 19.7 Å². The fraction of sp³-hybridized carbons (Fsp3) is 0.391. The van der Waals surface area contributed by atoms with Crippen molar-refractivity contribution in [3.8, 4) is 0 Å². The minimum Gasteiger partial charge on any atom is -0.393 e. The first-order chi connectivity index (χ1) is 18.1. The van der Waals surface area contributed by atoms with Crippen LogP contribution in [0.1, 0.15) is 50.9 Å². The van der Waals surface area contributed by atoms with E-state index >= 15 is 0 Å². The average Bonchev–Trinajstić information content (AvgIpc) is 3.43. The quantitative estimate of drug-likeness (QED) is 0.172. The van der Waals surface area contributed by atoms with Crippen LogP contribution in [0.5, 0.6) is 0 Å². The fourth-order valence-corrected chi connectivity index (χ4v) is 6.68. The van der Waals surface area contributed by atoms with Crippen LogP contribution in [-0.2, 0) is 21.5 Å². The van der Waals surface area contributed by atoms with E-state index in [-0.39, 0.29) is 29.8 Å². The van der Waals surface area contributed by atoms with Crippen molar-refractivity contribution < 1.29 is 27.6 Å². The summed E-state index contributed by atoms with van der Waals surface area (Å²) in [6.07, 6.45) is 4.55. The summed E-state index contributed by atoms with van der Waals surface area (Å²) in [6, 6.07) is 3.17. The molecule has 202 valence electrons. The number of anilines is 1. The number of aliphatic hydroxyl groups excluding tert-OH is 1. The van der Waals surface area contributed by atoms with Crippen molar-refractivity contribution in [3.05, 3.63) is 67.5 Å². The van der Waals surface area contributed by atoms with Gasteiger partial charge in [-0.3, -0.25) is 9.35 Å². The number of nitrogens with one attached hydrogen (secondary N) is 2. The maximum Gasteiger partial charge on any atom is 0.333 e. The number of aliphatic hydroxyl groups is 1. The molecule has 1 fully saturated rings. The monoisotopic (exact) mass is 599 g/mol. The molecule has 0 saturated heterocycles. The van der Waals surface area contributed by atoms with Crippen LogP contribution in [0, 0.1) is 5.92 Å². The predicted molar refractivity (Wildman–Crippen MR) is 141 cm³/mol. The lowest BCUT2D eigenvalue weighted by Gasteiger charge is -2.25. The van der Waals surface area contributed by atoms with E-state index in [0.717, 1.165) is 22.5 Å². The summed E-state index contributed by atoms with van der Waals surface area (Å²) in [6.45, 7) is 0.364. The summed E-state index contributed by atoms with van der Waals surface area (Å²) in [5.41, 5.74) is 2.75. The van der Waals surface area contributed by atoms with Crippen LogP contribution in [0.15, 0.2) is 30.9 Å². The largest absolute Gasteiger partial charge is 0.393 e. The standard InChI is InChI=1S/C23H23Cl2N5O6S2/c24-19-6-14-11(7-27-19)1-2-36-21(14)15-5-18(37-22(15)25)20(32)16-9-26-10-28-23(16)30-13-3-12(17(31)4-13)8-29-38(33,34)35/h5-7,9-10,12-13,17,21,29,31H,1-4,8H2,(H,26,28,30)(H,33,34,35)/t12-,13-,17+,21+/m1/s1. The van der Waals surface area contributed by atoms with E-state index in [2.05, 4.69) is 20.3 Å². The molecule has 15 heteroatoms. The Kier molecular flexibility index (Phi) is 7.99. The molecule has 4 heterocycles. The van der Waals surface area contributed by atoms with E-state index in [0.29, 0.717) is 45.8 Å². The van der Waals surface area contributed by atoms with Gasteiger partial charge in [0, 0.05) is 36.5 Å². The molecule has 0 aromatic carbocycles. The van der Waals surface area contributed by atoms with Gasteiger partial charge in [-0.05, 0) is 42.5 Å². The van der Waals surface area contributed by atoms with Gasteiger partial charge in [-0.2, -0.15) is 13.1 Å². The maximum atomic E-state index is 13.5. The lowest BCUT2D eigenvalue weighted by molar-refractivity contribution is 0.0699. The number of rotatable bonds is 8. The van der Waals surface area contributed by atoms with Crippen LogP contribution in [0.3, 0.4) is 0 Å². The number of pyridine rings is 1. The first-order valence-electron chi connectivity index (χ1n) is 11.7. The zero-order valence-corrected chi connectivity index (χ0v) is 22.8. The molecule has 11 nitrogen and oxygen atoms in total. The van der Waals surface area contributed by atoms with Gasteiger partial charge in [0.2, 0.25) is 5.78 Å². The molecular formula is C23H23Cl2N5O6S2. The third kappa shape index (κ3) is 6.00. The Morgan fingerprint density at radius 1 is 1.18 bits per heavy atom. The van der Waals surface area contributed by atoms with Gasteiger partial charge in [0.25, 0.3) is 0 Å². The van der Waals surface area contributed by atoms with Crippen LogP contribution in [0.4, 0.5) is 5.82 Å². The van der Waals surface area contributed by atoms with Crippen LogP contribution in [-0.4, -0.2) is 64.1 Å². The Bertz CT molecular complexity index is 1470. The highest BCUT2D eigenvalue weighted by Gasteiger charge is 2.35. The van der Waals surface area contributed by atoms with Gasteiger partial charge in [-0.15, -0.1) is 11.3 Å². The normalized spacial score (nSPS) is 23.3. The second-order valence-corrected chi connectivity index (χ2v) is 12.4. The molecule has 0 bridgehead atoms. The molecule has 1 aliphatic carbocycles. The third-order valence-corrected chi connectivity index (χ3v) is 8.76. The highest BCUT2D eigenvalue weighted by molar-refractivity contribution is 7.83. The Morgan fingerprint density at radius 3 is 2.79 bits per heavy atom. The molecule has 1 aliphatic heterocycles. The van der Waals surface area contributed by atoms with Crippen LogP contribution in [0.25, 0.3) is 0 Å². The molecule has 0 radical (unpaired) electrons. The topological polar surface area (TPSA) is 164 Å². The van der Waals surface area contributed by atoms with Crippen molar-refractivity contribution in [2.75, 3.05) is 18.5 Å². The molecular weight excluding hydrogens is 577 g/mol. The highest BCUT2D eigenvalue weighted by atomic mass is 35.5. The van der Waals surface area contributed by atoms with E-state index in [4.69, 9.17) is 32.5 Å². The maximum absolute atomic E-state index is 13.5. The summed E-state index contributed by atoms with van der Waals surface area (Å²) in [7, 11) is -4.36. The Hall–Kier alpha value is -2.23. The second-order valence-electron chi connectivity index (χ2n) is 9.12. The molecule has 4 N–H and O–H groups in total. The zero-order chi connectivity index (χ0) is 27.0. The molecule has 1 saturated carbocycles. The van der Waals surface area contributed by atoms with Gasteiger partial charge in [-0.25, -0.2) is 15.0 Å². The van der Waals surface area contributed by atoms with Gasteiger partial charge in [0.15, 0.2) is 0 Å². The number of fused-ring (bicyclic) bond motifs is 1. The number of ketones is 1. The number of ether oxygens (including phenoxy) is 1. The van der Waals surface area contributed by atoms with E-state index < -0.39 is 28.4 Å². The average molecular weight is 601 g/mol. The van der Waals surface area contributed by atoms with E-state index in [1.165, 1.54) is 12.5 Å². The van der Waals surface area contributed by atoms with Crippen molar-refractivity contribution in [2.45, 2.75) is 37.5 Å². The third-order valence-electron chi connectivity index (χ3n) is 6.63. The van der Waals surface area contributed by atoms with Gasteiger partial charge in [0.1, 0.15) is 23.4 Å². The van der Waals surface area contributed by atoms with Gasteiger partial charge >= 0.3 is 10.3 Å². The Morgan fingerprint density at radius 2 is 2.00 bits per heavy atom. The van der Waals surface area contributed by atoms with Crippen molar-refractivity contribution in [3.63, 3.8) is 0 Å². The molecule has 5 rings (SSSR count).